The van der Waals surface area contributed by atoms with Crippen LogP contribution < -0.4 is 11.2 Å². The Morgan fingerprint density at radius 1 is 1.35 bits per heavy atom. The highest BCUT2D eigenvalue weighted by molar-refractivity contribution is 6.08. The molecule has 0 atom stereocenters. The number of benzene rings is 1. The summed E-state index contributed by atoms with van der Waals surface area (Å²) in [4.78, 5) is 36.1. The van der Waals surface area contributed by atoms with E-state index in [1.54, 1.807) is 0 Å². The molecule has 3 N–H and O–H groups in total. The number of nitroso groups, excluding NO2 is 1. The number of aromatic nitrogens is 3. The number of amides is 1. The van der Waals surface area contributed by atoms with Crippen LogP contribution in [-0.2, 0) is 16.2 Å². The summed E-state index contributed by atoms with van der Waals surface area (Å²) in [5.74, 6) is -0.424. The van der Waals surface area contributed by atoms with Crippen LogP contribution in [0.3, 0.4) is 0 Å². The SMILES string of the molecule is CONC(=O)/C(C#N)=C/c1c(-c2ccc(C)cc2)c2c(N)ncnc2n1CCCN=O. The number of nitrogens with one attached hydrogen (secondary N) is 1. The molecule has 0 unspecified atom stereocenters. The van der Waals surface area contributed by atoms with Crippen molar-refractivity contribution in [3.8, 4) is 17.2 Å². The zero-order valence-electron chi connectivity index (χ0n) is 17.1. The molecule has 0 saturated heterocycles. The predicted molar refractivity (Wildman–Crippen MR) is 116 cm³/mol. The van der Waals surface area contributed by atoms with Crippen LogP contribution in [0, 0.1) is 23.2 Å². The second-order valence-electron chi connectivity index (χ2n) is 6.75. The second kappa shape index (κ2) is 9.60. The third kappa shape index (κ3) is 4.41. The van der Waals surface area contributed by atoms with Gasteiger partial charge in [-0.1, -0.05) is 35.0 Å². The molecule has 10 heteroatoms. The first-order chi connectivity index (χ1) is 15.0. The molecular formula is C21H21N7O3. The molecule has 31 heavy (non-hydrogen) atoms. The van der Waals surface area contributed by atoms with Crippen LogP contribution in [0.25, 0.3) is 28.2 Å². The number of nitriles is 1. The van der Waals surface area contributed by atoms with Gasteiger partial charge in [0.05, 0.1) is 24.7 Å². The summed E-state index contributed by atoms with van der Waals surface area (Å²) in [6.07, 6.45) is 3.25. The van der Waals surface area contributed by atoms with E-state index in [2.05, 4.69) is 25.5 Å². The van der Waals surface area contributed by atoms with Gasteiger partial charge in [-0.3, -0.25) is 9.63 Å². The molecule has 158 valence electrons. The van der Waals surface area contributed by atoms with Gasteiger partial charge in [0, 0.05) is 12.1 Å². The van der Waals surface area contributed by atoms with Crippen molar-refractivity contribution in [1.82, 2.24) is 20.0 Å². The molecular weight excluding hydrogens is 398 g/mol. The van der Waals surface area contributed by atoms with Gasteiger partial charge in [-0.25, -0.2) is 15.4 Å². The van der Waals surface area contributed by atoms with Crippen molar-refractivity contribution in [2.45, 2.75) is 19.9 Å². The van der Waals surface area contributed by atoms with E-state index in [1.165, 1.54) is 19.5 Å². The van der Waals surface area contributed by atoms with Crippen molar-refractivity contribution in [3.05, 3.63) is 52.3 Å². The zero-order chi connectivity index (χ0) is 22.4. The summed E-state index contributed by atoms with van der Waals surface area (Å²) >= 11 is 0. The van der Waals surface area contributed by atoms with Crippen LogP contribution in [0.15, 0.2) is 41.3 Å². The lowest BCUT2D eigenvalue weighted by molar-refractivity contribution is -0.126. The Labute approximate surface area is 178 Å². The highest BCUT2D eigenvalue weighted by atomic mass is 16.6. The number of fused-ring (bicyclic) bond motifs is 1. The average Bonchev–Trinajstić information content (AvgIpc) is 3.07. The summed E-state index contributed by atoms with van der Waals surface area (Å²) in [6, 6.07) is 9.64. The van der Waals surface area contributed by atoms with Gasteiger partial charge in [0.15, 0.2) is 0 Å². The van der Waals surface area contributed by atoms with Crippen LogP contribution >= 0.6 is 0 Å². The van der Waals surface area contributed by atoms with Crippen molar-refractivity contribution < 1.29 is 9.63 Å². The molecule has 1 aromatic carbocycles. The van der Waals surface area contributed by atoms with Gasteiger partial charge in [0.1, 0.15) is 29.4 Å². The number of nitrogens with zero attached hydrogens (tertiary/aromatic N) is 5. The minimum Gasteiger partial charge on any atom is -0.383 e. The molecule has 0 bridgehead atoms. The van der Waals surface area contributed by atoms with Gasteiger partial charge in [-0.2, -0.15) is 10.2 Å². The summed E-state index contributed by atoms with van der Waals surface area (Å²) in [7, 11) is 1.28. The largest absolute Gasteiger partial charge is 0.383 e. The van der Waals surface area contributed by atoms with Crippen LogP contribution in [0.1, 0.15) is 17.7 Å². The molecule has 0 radical (unpaired) electrons. The fourth-order valence-electron chi connectivity index (χ4n) is 3.33. The maximum Gasteiger partial charge on any atom is 0.285 e. The number of carbonyl (C=O) groups excluding carboxylic acids is 1. The van der Waals surface area contributed by atoms with Gasteiger partial charge in [0.25, 0.3) is 5.91 Å². The summed E-state index contributed by atoms with van der Waals surface area (Å²) < 4.78 is 1.81. The van der Waals surface area contributed by atoms with Crippen LogP contribution in [0.2, 0.25) is 0 Å². The van der Waals surface area contributed by atoms with Crippen LogP contribution in [0.5, 0.6) is 0 Å². The maximum absolute atomic E-state index is 12.3. The number of carbonyl (C=O) groups is 1. The molecule has 0 spiro atoms. The molecule has 0 saturated carbocycles. The Morgan fingerprint density at radius 2 is 2.10 bits per heavy atom. The lowest BCUT2D eigenvalue weighted by Crippen LogP contribution is -2.23. The second-order valence-corrected chi connectivity index (χ2v) is 6.75. The van der Waals surface area contributed by atoms with Gasteiger partial charge in [-0.15, -0.1) is 0 Å². The molecule has 2 aromatic heterocycles. The highest BCUT2D eigenvalue weighted by Gasteiger charge is 2.22. The number of nitrogen functional groups attached to an aromatic ring is 1. The normalized spacial score (nSPS) is 11.3. The zero-order valence-corrected chi connectivity index (χ0v) is 17.1. The summed E-state index contributed by atoms with van der Waals surface area (Å²) in [5.41, 5.74) is 11.8. The van der Waals surface area contributed by atoms with Crippen molar-refractivity contribution in [2.24, 2.45) is 5.18 Å². The summed E-state index contributed by atoms with van der Waals surface area (Å²) in [6.45, 7) is 2.46. The third-order valence-electron chi connectivity index (χ3n) is 4.72. The molecule has 0 aliphatic rings. The van der Waals surface area contributed by atoms with Crippen molar-refractivity contribution >= 4 is 28.8 Å². The van der Waals surface area contributed by atoms with E-state index in [-0.39, 0.29) is 17.9 Å². The predicted octanol–water partition coefficient (Wildman–Crippen LogP) is 2.73. The first kappa shape index (κ1) is 21.6. The summed E-state index contributed by atoms with van der Waals surface area (Å²) in [5, 5.41) is 13.1. The fraction of sp³-hybridized carbons (Fsp3) is 0.238. The Bertz CT molecular complexity index is 1190. The van der Waals surface area contributed by atoms with E-state index >= 15 is 0 Å². The van der Waals surface area contributed by atoms with Gasteiger partial charge < -0.3 is 10.3 Å². The van der Waals surface area contributed by atoms with E-state index < -0.39 is 5.91 Å². The Kier molecular flexibility index (Phi) is 6.69. The Balaban J connectivity index is 2.36. The first-order valence-corrected chi connectivity index (χ1v) is 9.45. The minimum atomic E-state index is -0.690. The van der Waals surface area contributed by atoms with Crippen molar-refractivity contribution in [1.29, 1.82) is 5.26 Å². The Morgan fingerprint density at radius 3 is 2.74 bits per heavy atom. The highest BCUT2D eigenvalue weighted by Crippen LogP contribution is 2.38. The van der Waals surface area contributed by atoms with E-state index in [0.717, 1.165) is 11.1 Å². The van der Waals surface area contributed by atoms with E-state index in [9.17, 15) is 15.0 Å². The molecule has 0 fully saturated rings. The van der Waals surface area contributed by atoms with E-state index in [4.69, 9.17) is 5.73 Å². The van der Waals surface area contributed by atoms with E-state index in [0.29, 0.717) is 35.3 Å². The van der Waals surface area contributed by atoms with Crippen LogP contribution in [-0.4, -0.2) is 34.1 Å². The monoisotopic (exact) mass is 419 g/mol. The first-order valence-electron chi connectivity index (χ1n) is 9.45. The number of anilines is 1. The number of hydrogen-bond donors (Lipinski definition) is 2. The topological polar surface area (TPSA) is 148 Å². The molecule has 1 amide bonds. The number of rotatable bonds is 8. The molecule has 0 aliphatic heterocycles. The van der Waals surface area contributed by atoms with Gasteiger partial charge >= 0.3 is 0 Å². The van der Waals surface area contributed by atoms with Crippen molar-refractivity contribution in [3.63, 3.8) is 0 Å². The average molecular weight is 419 g/mol. The Hall–Kier alpha value is -4.10. The number of hydroxylamine groups is 1. The standard InChI is InChI=1S/C21H21N7O3/c1-13-4-6-14(7-5-13)17-16(10-15(11-22)21(29)27-31-2)28(9-3-8-26-30)20-18(17)19(23)24-12-25-20/h4-7,10,12H,3,8-9H2,1-2H3,(H,27,29)(H2,23,24,25)/b15-10+. The fourth-order valence-corrected chi connectivity index (χ4v) is 3.33. The molecule has 3 aromatic rings. The molecule has 10 nitrogen and oxygen atoms in total. The van der Waals surface area contributed by atoms with Gasteiger partial charge in [-0.05, 0) is 25.0 Å². The quantitative estimate of drug-likeness (QED) is 0.187. The minimum absolute atomic E-state index is 0.110. The molecule has 3 rings (SSSR count). The molecule has 2 heterocycles. The maximum atomic E-state index is 12.3. The van der Waals surface area contributed by atoms with Crippen molar-refractivity contribution in [2.75, 3.05) is 19.4 Å². The third-order valence-corrected chi connectivity index (χ3v) is 4.72. The van der Waals surface area contributed by atoms with Gasteiger partial charge in [0.2, 0.25) is 0 Å². The van der Waals surface area contributed by atoms with E-state index in [1.807, 2.05) is 41.8 Å². The lowest BCUT2D eigenvalue weighted by atomic mass is 10.0. The van der Waals surface area contributed by atoms with Crippen LogP contribution in [0.4, 0.5) is 5.82 Å². The number of nitrogens with two attached hydrogens (primary N) is 1. The number of aryl methyl sites for hydroxylation is 2. The molecule has 0 aliphatic carbocycles. The number of hydrogen-bond acceptors (Lipinski definition) is 8. The lowest BCUT2D eigenvalue weighted by Gasteiger charge is -2.09. The smallest absolute Gasteiger partial charge is 0.285 e.